The van der Waals surface area contributed by atoms with Crippen LogP contribution in [0.5, 0.6) is 11.5 Å². The summed E-state index contributed by atoms with van der Waals surface area (Å²) in [7, 11) is 3.30. The number of nitrogens with one attached hydrogen (secondary N) is 1. The van der Waals surface area contributed by atoms with Gasteiger partial charge in [0.15, 0.2) is 17.1 Å². The number of carbonyl (C=O) groups is 1. The number of rotatable bonds is 8. The molecule has 6 heteroatoms. The molecule has 2 saturated carbocycles. The minimum absolute atomic E-state index is 0.0139. The fraction of sp³-hybridized carbons (Fsp3) is 0.519. The lowest BCUT2D eigenvalue weighted by atomic mass is 9.79. The lowest BCUT2D eigenvalue weighted by molar-refractivity contribution is -0.147. The topological polar surface area (TPSA) is 71.0 Å². The number of methoxy groups -OCH3 is 2. The SMILES string of the molecule is COc1ccc(CN2CC3[C@H](C2)[C@H]3NC(=O)C(O)(c2ccccc2)C2CCCC2)cc1OC. The Balaban J connectivity index is 1.21. The van der Waals surface area contributed by atoms with E-state index in [1.54, 1.807) is 14.2 Å². The number of hydrogen-bond donors (Lipinski definition) is 2. The number of benzene rings is 2. The zero-order chi connectivity index (χ0) is 23.0. The number of nitrogens with zero attached hydrogens (tertiary/aromatic N) is 1. The number of likely N-dealkylation sites (tertiary alicyclic amines) is 1. The molecule has 0 spiro atoms. The number of carbonyl (C=O) groups excluding carboxylic acids is 1. The lowest BCUT2D eigenvalue weighted by Gasteiger charge is -2.33. The Kier molecular flexibility index (Phi) is 6.06. The molecule has 2 aliphatic carbocycles. The Hall–Kier alpha value is -2.57. The predicted octanol–water partition coefficient (Wildman–Crippen LogP) is 3.33. The van der Waals surface area contributed by atoms with Crippen molar-refractivity contribution in [2.75, 3.05) is 27.3 Å². The molecule has 5 rings (SSSR count). The molecule has 2 unspecified atom stereocenters. The summed E-state index contributed by atoms with van der Waals surface area (Å²) in [5.41, 5.74) is 0.470. The molecule has 1 aliphatic heterocycles. The van der Waals surface area contributed by atoms with E-state index in [1.807, 2.05) is 42.5 Å². The highest BCUT2D eigenvalue weighted by Crippen LogP contribution is 2.47. The fourth-order valence-electron chi connectivity index (χ4n) is 6.04. The van der Waals surface area contributed by atoms with Crippen LogP contribution in [0.15, 0.2) is 48.5 Å². The van der Waals surface area contributed by atoms with E-state index in [9.17, 15) is 9.90 Å². The number of hydrogen-bond acceptors (Lipinski definition) is 5. The predicted molar refractivity (Wildman–Crippen MR) is 126 cm³/mol. The van der Waals surface area contributed by atoms with E-state index in [-0.39, 0.29) is 17.9 Å². The second kappa shape index (κ2) is 8.99. The number of aliphatic hydroxyl groups is 1. The van der Waals surface area contributed by atoms with Crippen LogP contribution < -0.4 is 14.8 Å². The van der Waals surface area contributed by atoms with Crippen LogP contribution in [0.2, 0.25) is 0 Å². The van der Waals surface area contributed by atoms with E-state index in [4.69, 9.17) is 9.47 Å². The van der Waals surface area contributed by atoms with E-state index in [0.29, 0.717) is 11.8 Å². The Morgan fingerprint density at radius 1 is 1.03 bits per heavy atom. The van der Waals surface area contributed by atoms with Gasteiger partial charge in [0.1, 0.15) is 0 Å². The molecule has 0 aromatic heterocycles. The molecule has 1 amide bonds. The van der Waals surface area contributed by atoms with Gasteiger partial charge in [-0.2, -0.15) is 0 Å². The van der Waals surface area contributed by atoms with E-state index in [2.05, 4.69) is 16.3 Å². The Labute approximate surface area is 195 Å². The normalized spacial score (nSPS) is 26.5. The largest absolute Gasteiger partial charge is 0.493 e. The first kappa shape index (κ1) is 22.2. The highest BCUT2D eigenvalue weighted by atomic mass is 16.5. The summed E-state index contributed by atoms with van der Waals surface area (Å²) in [5, 5.41) is 14.9. The molecular formula is C27H34N2O4. The van der Waals surface area contributed by atoms with Gasteiger partial charge in [-0.1, -0.05) is 49.2 Å². The van der Waals surface area contributed by atoms with Crippen LogP contribution in [-0.2, 0) is 16.9 Å². The maximum Gasteiger partial charge on any atom is 0.257 e. The van der Waals surface area contributed by atoms with Gasteiger partial charge in [-0.3, -0.25) is 9.69 Å². The first-order valence-electron chi connectivity index (χ1n) is 12.1. The van der Waals surface area contributed by atoms with Crippen molar-refractivity contribution < 1.29 is 19.4 Å². The summed E-state index contributed by atoms with van der Waals surface area (Å²) >= 11 is 0. The third kappa shape index (κ3) is 4.11. The monoisotopic (exact) mass is 450 g/mol. The first-order chi connectivity index (χ1) is 16.0. The summed E-state index contributed by atoms with van der Waals surface area (Å²) in [4.78, 5) is 15.9. The van der Waals surface area contributed by atoms with Crippen LogP contribution in [-0.4, -0.2) is 49.3 Å². The standard InChI is InChI=1S/C27H34N2O4/c1-32-23-13-12-18(14-24(23)33-2)15-29-16-21-22(17-29)25(21)28-26(30)27(31,20-10-6-7-11-20)19-8-4-3-5-9-19/h3-5,8-9,12-14,20-22,25,31H,6-7,10-11,15-17H2,1-2H3,(H,28,30)/t21-,22?,25+,27?/m0/s1. The van der Waals surface area contributed by atoms with Gasteiger partial charge in [-0.15, -0.1) is 0 Å². The quantitative estimate of drug-likeness (QED) is 0.646. The van der Waals surface area contributed by atoms with Gasteiger partial charge < -0.3 is 19.9 Å². The molecule has 6 nitrogen and oxygen atoms in total. The van der Waals surface area contributed by atoms with Gasteiger partial charge in [-0.25, -0.2) is 0 Å². The van der Waals surface area contributed by atoms with Crippen molar-refractivity contribution in [1.29, 1.82) is 0 Å². The van der Waals surface area contributed by atoms with Gasteiger partial charge in [0.25, 0.3) is 5.91 Å². The minimum Gasteiger partial charge on any atom is -0.493 e. The maximum absolute atomic E-state index is 13.4. The highest BCUT2D eigenvalue weighted by molar-refractivity contribution is 5.87. The van der Waals surface area contributed by atoms with Crippen molar-refractivity contribution in [3.8, 4) is 11.5 Å². The molecule has 1 heterocycles. The number of ether oxygens (including phenoxy) is 2. The van der Waals surface area contributed by atoms with Gasteiger partial charge in [0, 0.05) is 31.6 Å². The third-order valence-corrected chi connectivity index (χ3v) is 7.93. The second-order valence-corrected chi connectivity index (χ2v) is 9.82. The molecule has 1 saturated heterocycles. The molecule has 0 bridgehead atoms. The van der Waals surface area contributed by atoms with Crippen LogP contribution in [0.25, 0.3) is 0 Å². The van der Waals surface area contributed by atoms with Crippen molar-refractivity contribution in [3.05, 3.63) is 59.7 Å². The third-order valence-electron chi connectivity index (χ3n) is 7.93. The van der Waals surface area contributed by atoms with Crippen LogP contribution in [0.3, 0.4) is 0 Å². The van der Waals surface area contributed by atoms with Crippen molar-refractivity contribution >= 4 is 5.91 Å². The summed E-state index contributed by atoms with van der Waals surface area (Å²) < 4.78 is 10.8. The molecule has 3 fully saturated rings. The van der Waals surface area contributed by atoms with Crippen molar-refractivity contribution in [2.24, 2.45) is 17.8 Å². The zero-order valence-electron chi connectivity index (χ0n) is 19.5. The van der Waals surface area contributed by atoms with Crippen molar-refractivity contribution in [2.45, 2.75) is 43.9 Å². The van der Waals surface area contributed by atoms with Gasteiger partial charge >= 0.3 is 0 Å². The van der Waals surface area contributed by atoms with Crippen LogP contribution >= 0.6 is 0 Å². The van der Waals surface area contributed by atoms with Crippen molar-refractivity contribution in [3.63, 3.8) is 0 Å². The highest BCUT2D eigenvalue weighted by Gasteiger charge is 2.58. The first-order valence-corrected chi connectivity index (χ1v) is 12.1. The molecule has 2 aromatic rings. The van der Waals surface area contributed by atoms with Crippen LogP contribution in [0, 0.1) is 17.8 Å². The van der Waals surface area contributed by atoms with Crippen LogP contribution in [0.4, 0.5) is 0 Å². The average Bonchev–Trinajstić information content (AvgIpc) is 3.26. The van der Waals surface area contributed by atoms with Crippen molar-refractivity contribution in [1.82, 2.24) is 10.2 Å². The Morgan fingerprint density at radius 2 is 1.70 bits per heavy atom. The minimum atomic E-state index is -1.44. The summed E-state index contributed by atoms with van der Waals surface area (Å²) in [6.07, 6.45) is 3.95. The van der Waals surface area contributed by atoms with E-state index >= 15 is 0 Å². The molecule has 4 atom stereocenters. The average molecular weight is 451 g/mol. The lowest BCUT2D eigenvalue weighted by Crippen LogP contribution is -2.50. The summed E-state index contributed by atoms with van der Waals surface area (Å²) in [5.74, 6) is 2.17. The van der Waals surface area contributed by atoms with E-state index in [0.717, 1.165) is 62.4 Å². The van der Waals surface area contributed by atoms with Crippen LogP contribution in [0.1, 0.15) is 36.8 Å². The molecule has 176 valence electrons. The number of amides is 1. The molecule has 0 radical (unpaired) electrons. The van der Waals surface area contributed by atoms with Gasteiger partial charge in [0.2, 0.25) is 0 Å². The van der Waals surface area contributed by atoms with E-state index < -0.39 is 5.60 Å². The summed E-state index contributed by atoms with van der Waals surface area (Å²) in [6.45, 7) is 2.76. The summed E-state index contributed by atoms with van der Waals surface area (Å²) in [6, 6.07) is 15.7. The molecular weight excluding hydrogens is 416 g/mol. The maximum atomic E-state index is 13.4. The smallest absolute Gasteiger partial charge is 0.257 e. The Bertz CT molecular complexity index is 979. The molecule has 2 aromatic carbocycles. The Morgan fingerprint density at radius 3 is 2.33 bits per heavy atom. The zero-order valence-corrected chi connectivity index (χ0v) is 19.5. The second-order valence-electron chi connectivity index (χ2n) is 9.82. The molecule has 2 N–H and O–H groups in total. The molecule has 33 heavy (non-hydrogen) atoms. The fourth-order valence-corrected chi connectivity index (χ4v) is 6.04. The number of fused-ring (bicyclic) bond motifs is 1. The van der Waals surface area contributed by atoms with Gasteiger partial charge in [0.05, 0.1) is 14.2 Å². The number of piperidine rings is 1. The van der Waals surface area contributed by atoms with E-state index in [1.165, 1.54) is 5.56 Å². The molecule has 3 aliphatic rings. The van der Waals surface area contributed by atoms with Gasteiger partial charge in [-0.05, 0) is 47.9 Å².